The van der Waals surface area contributed by atoms with Gasteiger partial charge in [0.2, 0.25) is 0 Å². The molecule has 1 fully saturated rings. The summed E-state index contributed by atoms with van der Waals surface area (Å²) in [6, 6.07) is 0. The van der Waals surface area contributed by atoms with Crippen molar-refractivity contribution in [3.05, 3.63) is 34.3 Å². The summed E-state index contributed by atoms with van der Waals surface area (Å²) >= 11 is 1.72. The molecule has 0 atom stereocenters. The Labute approximate surface area is 105 Å². The Morgan fingerprint density at radius 1 is 1.53 bits per heavy atom. The molecule has 4 nitrogen and oxygen atoms in total. The fourth-order valence-electron chi connectivity index (χ4n) is 2.11. The Bertz CT molecular complexity index is 498. The van der Waals surface area contributed by atoms with Crippen molar-refractivity contribution >= 4 is 11.3 Å². The maximum atomic E-state index is 4.49. The van der Waals surface area contributed by atoms with Gasteiger partial charge < -0.3 is 9.88 Å². The second-order valence-electron chi connectivity index (χ2n) is 4.47. The highest BCUT2D eigenvalue weighted by Gasteiger charge is 2.22. The second kappa shape index (κ2) is 4.58. The van der Waals surface area contributed by atoms with Crippen molar-refractivity contribution in [3.63, 3.8) is 0 Å². The lowest BCUT2D eigenvalue weighted by Crippen LogP contribution is -2.40. The molecule has 1 N–H and O–H groups in total. The van der Waals surface area contributed by atoms with Gasteiger partial charge in [0.1, 0.15) is 0 Å². The van der Waals surface area contributed by atoms with Gasteiger partial charge in [0, 0.05) is 49.2 Å². The zero-order valence-corrected chi connectivity index (χ0v) is 10.7. The van der Waals surface area contributed by atoms with Gasteiger partial charge in [-0.25, -0.2) is 9.97 Å². The largest absolute Gasteiger partial charge is 0.334 e. The highest BCUT2D eigenvalue weighted by Crippen LogP contribution is 2.19. The number of imidazole rings is 1. The molecule has 1 aliphatic rings. The van der Waals surface area contributed by atoms with E-state index < -0.39 is 0 Å². The van der Waals surface area contributed by atoms with Crippen LogP contribution in [0.1, 0.15) is 22.3 Å². The van der Waals surface area contributed by atoms with E-state index in [1.165, 1.54) is 11.4 Å². The highest BCUT2D eigenvalue weighted by atomic mass is 32.1. The second-order valence-corrected chi connectivity index (χ2v) is 5.54. The normalized spacial score (nSPS) is 16.1. The van der Waals surface area contributed by atoms with Gasteiger partial charge in [-0.1, -0.05) is 0 Å². The third kappa shape index (κ3) is 2.25. The molecule has 3 heterocycles. The van der Waals surface area contributed by atoms with Gasteiger partial charge in [0.25, 0.3) is 0 Å². The van der Waals surface area contributed by atoms with Gasteiger partial charge in [0.05, 0.1) is 17.0 Å². The first kappa shape index (κ1) is 10.9. The molecule has 3 rings (SSSR count). The van der Waals surface area contributed by atoms with Crippen LogP contribution in [0.5, 0.6) is 0 Å². The lowest BCUT2D eigenvalue weighted by molar-refractivity contribution is 0.423. The smallest absolute Gasteiger partial charge is 0.0948 e. The van der Waals surface area contributed by atoms with Crippen LogP contribution in [0, 0.1) is 6.92 Å². The van der Waals surface area contributed by atoms with Crippen molar-refractivity contribution in [1.29, 1.82) is 0 Å². The number of thiazole rings is 1. The molecule has 17 heavy (non-hydrogen) atoms. The number of nitrogens with one attached hydrogen (secondary N) is 1. The van der Waals surface area contributed by atoms with Crippen LogP contribution in [0.3, 0.4) is 0 Å². The van der Waals surface area contributed by atoms with Crippen LogP contribution in [0.15, 0.2) is 17.9 Å². The molecule has 2 aromatic heterocycles. The number of rotatable bonds is 4. The van der Waals surface area contributed by atoms with Gasteiger partial charge in [-0.3, -0.25) is 0 Å². The molecular formula is C12H16N4S. The van der Waals surface area contributed by atoms with E-state index >= 15 is 0 Å². The van der Waals surface area contributed by atoms with Crippen molar-refractivity contribution in [1.82, 2.24) is 19.9 Å². The molecule has 5 heteroatoms. The predicted molar refractivity (Wildman–Crippen MR) is 68.4 cm³/mol. The summed E-state index contributed by atoms with van der Waals surface area (Å²) in [5.74, 6) is 0.648. The molecule has 1 aliphatic heterocycles. The lowest BCUT2D eigenvalue weighted by Gasteiger charge is -2.27. The van der Waals surface area contributed by atoms with Crippen LogP contribution >= 0.6 is 11.3 Å². The monoisotopic (exact) mass is 248 g/mol. The van der Waals surface area contributed by atoms with Crippen molar-refractivity contribution in [2.45, 2.75) is 25.8 Å². The van der Waals surface area contributed by atoms with E-state index in [9.17, 15) is 0 Å². The van der Waals surface area contributed by atoms with Crippen molar-refractivity contribution in [2.75, 3.05) is 13.1 Å². The number of aromatic nitrogens is 3. The van der Waals surface area contributed by atoms with Gasteiger partial charge in [-0.2, -0.15) is 0 Å². The maximum absolute atomic E-state index is 4.49. The maximum Gasteiger partial charge on any atom is 0.0948 e. The zero-order valence-electron chi connectivity index (χ0n) is 9.89. The van der Waals surface area contributed by atoms with Crippen LogP contribution in [-0.2, 0) is 13.0 Å². The highest BCUT2D eigenvalue weighted by molar-refractivity contribution is 7.09. The molecular weight excluding hydrogens is 232 g/mol. The molecule has 0 aliphatic carbocycles. The quantitative estimate of drug-likeness (QED) is 0.893. The van der Waals surface area contributed by atoms with Gasteiger partial charge >= 0.3 is 0 Å². The van der Waals surface area contributed by atoms with Gasteiger partial charge in [-0.15, -0.1) is 11.3 Å². The molecule has 0 unspecified atom stereocenters. The summed E-state index contributed by atoms with van der Waals surface area (Å²) in [6.45, 7) is 5.20. The average molecular weight is 248 g/mol. The van der Waals surface area contributed by atoms with E-state index in [1.54, 1.807) is 11.3 Å². The first-order valence-corrected chi connectivity index (χ1v) is 6.82. The average Bonchev–Trinajstić information content (AvgIpc) is 2.82. The third-order valence-corrected chi connectivity index (χ3v) is 4.04. The molecule has 90 valence electrons. The molecule has 0 saturated carbocycles. The van der Waals surface area contributed by atoms with Crippen LogP contribution in [0.4, 0.5) is 0 Å². The third-order valence-electron chi connectivity index (χ3n) is 3.22. The topological polar surface area (TPSA) is 42.7 Å². The predicted octanol–water partition coefficient (Wildman–Crippen LogP) is 1.58. The molecule has 0 amide bonds. The van der Waals surface area contributed by atoms with Crippen molar-refractivity contribution in [2.24, 2.45) is 0 Å². The SMILES string of the molecule is Cc1nc(CCn2cncc2C2CNC2)cs1. The Morgan fingerprint density at radius 2 is 2.41 bits per heavy atom. The van der Waals surface area contributed by atoms with Crippen LogP contribution in [0.25, 0.3) is 0 Å². The minimum absolute atomic E-state index is 0.648. The van der Waals surface area contributed by atoms with E-state index in [1.807, 2.05) is 12.5 Å². The fraction of sp³-hybridized carbons (Fsp3) is 0.500. The van der Waals surface area contributed by atoms with Crippen LogP contribution in [-0.4, -0.2) is 27.6 Å². The standard InChI is InChI=1S/C12H16N4S/c1-9-15-11(7-17-9)2-3-16-8-14-6-12(16)10-4-13-5-10/h6-8,10,13H,2-5H2,1H3. The Morgan fingerprint density at radius 3 is 3.06 bits per heavy atom. The number of nitrogens with zero attached hydrogens (tertiary/aromatic N) is 3. The van der Waals surface area contributed by atoms with E-state index in [4.69, 9.17) is 0 Å². The number of hydrogen-bond donors (Lipinski definition) is 1. The lowest BCUT2D eigenvalue weighted by atomic mass is 10.00. The summed E-state index contributed by atoms with van der Waals surface area (Å²) < 4.78 is 2.26. The minimum Gasteiger partial charge on any atom is -0.334 e. The van der Waals surface area contributed by atoms with E-state index in [2.05, 4.69) is 32.2 Å². The summed E-state index contributed by atoms with van der Waals surface area (Å²) in [5.41, 5.74) is 2.55. The number of aryl methyl sites for hydroxylation is 3. The van der Waals surface area contributed by atoms with Crippen LogP contribution < -0.4 is 5.32 Å². The summed E-state index contributed by atoms with van der Waals surface area (Å²) in [7, 11) is 0. The first-order valence-electron chi connectivity index (χ1n) is 5.94. The van der Waals surface area contributed by atoms with Gasteiger partial charge in [-0.05, 0) is 6.92 Å². The van der Waals surface area contributed by atoms with Crippen molar-refractivity contribution < 1.29 is 0 Å². The molecule has 0 spiro atoms. The minimum atomic E-state index is 0.648. The summed E-state index contributed by atoms with van der Waals surface area (Å²) in [6.07, 6.45) is 4.93. The van der Waals surface area contributed by atoms with E-state index in [-0.39, 0.29) is 0 Å². The number of hydrogen-bond acceptors (Lipinski definition) is 4. The van der Waals surface area contributed by atoms with E-state index in [0.29, 0.717) is 5.92 Å². The molecule has 0 aromatic carbocycles. The first-order chi connectivity index (χ1) is 8.33. The fourth-order valence-corrected chi connectivity index (χ4v) is 2.76. The molecule has 2 aromatic rings. The molecule has 0 bridgehead atoms. The summed E-state index contributed by atoms with van der Waals surface area (Å²) in [5, 5.41) is 6.60. The van der Waals surface area contributed by atoms with Crippen LogP contribution in [0.2, 0.25) is 0 Å². The van der Waals surface area contributed by atoms with Gasteiger partial charge in [0.15, 0.2) is 0 Å². The Hall–Kier alpha value is -1.20. The zero-order chi connectivity index (χ0) is 11.7. The van der Waals surface area contributed by atoms with E-state index in [0.717, 1.165) is 31.1 Å². The Balaban J connectivity index is 1.66. The Kier molecular flexibility index (Phi) is 2.94. The van der Waals surface area contributed by atoms with Crippen molar-refractivity contribution in [3.8, 4) is 0 Å². The molecule has 0 radical (unpaired) electrons. The summed E-state index contributed by atoms with van der Waals surface area (Å²) in [4.78, 5) is 8.75. The molecule has 1 saturated heterocycles.